The normalized spacial score (nSPS) is 11.0. The first-order valence-electron chi connectivity index (χ1n) is 7.29. The molecular weight excluding hydrogens is 268 g/mol. The average Bonchev–Trinajstić information content (AvgIpc) is 3.16. The summed E-state index contributed by atoms with van der Waals surface area (Å²) >= 11 is 0. The van der Waals surface area contributed by atoms with Crippen LogP contribution in [0.5, 0.6) is 0 Å². The van der Waals surface area contributed by atoms with Crippen molar-refractivity contribution in [1.82, 2.24) is 20.0 Å². The molecule has 0 saturated carbocycles. The topological polar surface area (TPSA) is 63.3 Å². The number of nitrogens with one attached hydrogen (secondary N) is 1. The Morgan fingerprint density at radius 2 is 2.19 bits per heavy atom. The minimum absolute atomic E-state index is 0.172. The van der Waals surface area contributed by atoms with Crippen LogP contribution in [0.25, 0.3) is 0 Å². The molecule has 1 N–H and O–H groups in total. The third-order valence-electron chi connectivity index (χ3n) is 3.37. The van der Waals surface area contributed by atoms with Crippen LogP contribution < -0.4 is 5.32 Å². The van der Waals surface area contributed by atoms with E-state index in [1.54, 1.807) is 23.0 Å². The first-order chi connectivity index (χ1) is 10.2. The van der Waals surface area contributed by atoms with Crippen molar-refractivity contribution in [3.05, 3.63) is 42.1 Å². The van der Waals surface area contributed by atoms with Gasteiger partial charge in [0.25, 0.3) is 5.91 Å². The van der Waals surface area contributed by atoms with Crippen LogP contribution in [0, 0.1) is 0 Å². The highest BCUT2D eigenvalue weighted by Gasteiger charge is 2.11. The number of rotatable bonds is 8. The zero-order valence-electron chi connectivity index (χ0n) is 12.6. The summed E-state index contributed by atoms with van der Waals surface area (Å²) in [6, 6.07) is 5.36. The number of aromatic nitrogens is 2. The van der Waals surface area contributed by atoms with Crippen LogP contribution in [0.2, 0.25) is 0 Å². The minimum atomic E-state index is -0.172. The van der Waals surface area contributed by atoms with E-state index >= 15 is 0 Å². The van der Waals surface area contributed by atoms with Crippen molar-refractivity contribution in [2.45, 2.75) is 20.4 Å². The molecule has 0 aromatic carbocycles. The molecule has 2 aromatic rings. The van der Waals surface area contributed by atoms with Crippen molar-refractivity contribution in [3.8, 4) is 0 Å². The fourth-order valence-corrected chi connectivity index (χ4v) is 2.09. The summed E-state index contributed by atoms with van der Waals surface area (Å²) in [6.07, 6.45) is 3.57. The fraction of sp³-hybridized carbons (Fsp3) is 0.467. The van der Waals surface area contributed by atoms with E-state index in [0.717, 1.165) is 19.6 Å². The summed E-state index contributed by atoms with van der Waals surface area (Å²) in [7, 11) is 0. The highest BCUT2D eigenvalue weighted by atomic mass is 16.4. The molecule has 6 nitrogen and oxygen atoms in total. The van der Waals surface area contributed by atoms with Crippen molar-refractivity contribution in [2.24, 2.45) is 0 Å². The van der Waals surface area contributed by atoms with E-state index in [1.165, 1.54) is 0 Å². The first-order valence-corrected chi connectivity index (χ1v) is 7.29. The summed E-state index contributed by atoms with van der Waals surface area (Å²) in [5.41, 5.74) is 0. The smallest absolute Gasteiger partial charge is 0.287 e. The van der Waals surface area contributed by atoms with Gasteiger partial charge in [0, 0.05) is 25.5 Å². The van der Waals surface area contributed by atoms with Gasteiger partial charge < -0.3 is 14.6 Å². The number of amides is 1. The Morgan fingerprint density at radius 1 is 1.38 bits per heavy atom. The second-order valence-electron chi connectivity index (χ2n) is 4.75. The van der Waals surface area contributed by atoms with Crippen molar-refractivity contribution < 1.29 is 9.21 Å². The van der Waals surface area contributed by atoms with Gasteiger partial charge in [0.1, 0.15) is 5.76 Å². The number of carbonyl (C=O) groups excluding carboxylic acids is 1. The van der Waals surface area contributed by atoms with E-state index in [1.807, 2.05) is 12.3 Å². The van der Waals surface area contributed by atoms with Crippen molar-refractivity contribution in [3.63, 3.8) is 0 Å². The lowest BCUT2D eigenvalue weighted by atomic mass is 10.4. The molecule has 2 rings (SSSR count). The van der Waals surface area contributed by atoms with Gasteiger partial charge in [0.15, 0.2) is 5.76 Å². The van der Waals surface area contributed by atoms with Crippen LogP contribution >= 0.6 is 0 Å². The van der Waals surface area contributed by atoms with Gasteiger partial charge in [-0.1, -0.05) is 13.8 Å². The Morgan fingerprint density at radius 3 is 2.86 bits per heavy atom. The lowest BCUT2D eigenvalue weighted by Crippen LogP contribution is -2.34. The van der Waals surface area contributed by atoms with E-state index < -0.39 is 0 Å². The number of likely N-dealkylation sites (N-methyl/N-ethyl adjacent to an activating group) is 1. The zero-order valence-corrected chi connectivity index (χ0v) is 12.6. The molecule has 1 amide bonds. The number of furan rings is 1. The molecule has 0 radical (unpaired) electrons. The lowest BCUT2D eigenvalue weighted by Gasteiger charge is -2.17. The van der Waals surface area contributed by atoms with Gasteiger partial charge in [-0.2, -0.15) is 5.10 Å². The molecule has 0 saturated heterocycles. The van der Waals surface area contributed by atoms with Gasteiger partial charge in [-0.3, -0.25) is 9.48 Å². The van der Waals surface area contributed by atoms with Gasteiger partial charge >= 0.3 is 0 Å². The number of hydrogen-bond acceptors (Lipinski definition) is 4. The molecule has 21 heavy (non-hydrogen) atoms. The molecule has 0 bridgehead atoms. The van der Waals surface area contributed by atoms with Gasteiger partial charge in [-0.25, -0.2) is 0 Å². The Labute approximate surface area is 124 Å². The lowest BCUT2D eigenvalue weighted by molar-refractivity contribution is 0.0919. The molecule has 6 heteroatoms. The van der Waals surface area contributed by atoms with Crippen molar-refractivity contribution in [2.75, 3.05) is 26.2 Å². The Balaban J connectivity index is 1.81. The summed E-state index contributed by atoms with van der Waals surface area (Å²) in [6.45, 7) is 8.19. The number of hydrogen-bond donors (Lipinski definition) is 1. The fourth-order valence-electron chi connectivity index (χ4n) is 2.09. The molecule has 114 valence electrons. The highest BCUT2D eigenvalue weighted by Crippen LogP contribution is 2.09. The van der Waals surface area contributed by atoms with E-state index in [-0.39, 0.29) is 5.91 Å². The molecule has 0 unspecified atom stereocenters. The van der Waals surface area contributed by atoms with Gasteiger partial charge in [0.2, 0.25) is 0 Å². The number of carbonyl (C=O) groups is 1. The quantitative estimate of drug-likeness (QED) is 0.802. The third kappa shape index (κ3) is 4.46. The molecular formula is C15H22N4O2. The van der Waals surface area contributed by atoms with Crippen LogP contribution in [-0.4, -0.2) is 46.8 Å². The molecule has 0 atom stereocenters. The predicted molar refractivity (Wildman–Crippen MR) is 80.2 cm³/mol. The average molecular weight is 290 g/mol. The predicted octanol–water partition coefficient (Wildman–Crippen LogP) is 1.60. The van der Waals surface area contributed by atoms with Crippen LogP contribution in [0.4, 0.5) is 0 Å². The largest absolute Gasteiger partial charge is 0.454 e. The van der Waals surface area contributed by atoms with E-state index in [2.05, 4.69) is 29.2 Å². The van der Waals surface area contributed by atoms with Gasteiger partial charge in [-0.05, 0) is 31.3 Å². The van der Waals surface area contributed by atoms with Crippen molar-refractivity contribution in [1.29, 1.82) is 0 Å². The maximum atomic E-state index is 12.0. The molecule has 0 aliphatic heterocycles. The highest BCUT2D eigenvalue weighted by molar-refractivity contribution is 5.91. The molecule has 0 spiro atoms. The van der Waals surface area contributed by atoms with E-state index in [4.69, 9.17) is 4.42 Å². The molecule has 0 aliphatic carbocycles. The van der Waals surface area contributed by atoms with Crippen LogP contribution in [0.15, 0.2) is 35.0 Å². The third-order valence-corrected chi connectivity index (χ3v) is 3.37. The van der Waals surface area contributed by atoms with Gasteiger partial charge in [-0.15, -0.1) is 0 Å². The summed E-state index contributed by atoms with van der Waals surface area (Å²) < 4.78 is 7.29. The van der Waals surface area contributed by atoms with Crippen molar-refractivity contribution >= 4 is 5.91 Å². The Hall–Kier alpha value is -2.08. The second-order valence-corrected chi connectivity index (χ2v) is 4.75. The molecule has 0 aliphatic rings. The summed E-state index contributed by atoms with van der Waals surface area (Å²) in [5, 5.41) is 6.98. The first kappa shape index (κ1) is 15.3. The Bertz CT molecular complexity index is 544. The maximum absolute atomic E-state index is 12.0. The molecule has 2 aromatic heterocycles. The van der Waals surface area contributed by atoms with E-state index in [0.29, 0.717) is 24.6 Å². The molecule has 0 fully saturated rings. The van der Waals surface area contributed by atoms with Crippen LogP contribution in [-0.2, 0) is 6.54 Å². The summed E-state index contributed by atoms with van der Waals surface area (Å²) in [4.78, 5) is 14.2. The van der Waals surface area contributed by atoms with Gasteiger partial charge in [0.05, 0.1) is 6.54 Å². The number of nitrogens with zero attached hydrogens (tertiary/aromatic N) is 3. The minimum Gasteiger partial charge on any atom is -0.454 e. The van der Waals surface area contributed by atoms with E-state index in [9.17, 15) is 4.79 Å². The monoisotopic (exact) mass is 290 g/mol. The zero-order chi connectivity index (χ0) is 15.1. The SMILES string of the molecule is CCN(CC)CCNC(=O)c1ccc(Cn2cccn2)o1. The van der Waals surface area contributed by atoms with Crippen LogP contribution in [0.3, 0.4) is 0 Å². The Kier molecular flexibility index (Phi) is 5.57. The second kappa shape index (κ2) is 7.64. The van der Waals surface area contributed by atoms with Crippen LogP contribution in [0.1, 0.15) is 30.2 Å². The maximum Gasteiger partial charge on any atom is 0.287 e. The standard InChI is InChI=1S/C15H22N4O2/c1-3-18(4-2)11-9-16-15(20)14-7-6-13(21-14)12-19-10-5-8-17-19/h5-8,10H,3-4,9,11-12H2,1-2H3,(H,16,20). The molecule has 2 heterocycles. The summed E-state index contributed by atoms with van der Waals surface area (Å²) in [5.74, 6) is 0.887.